The number of hydrogen-bond acceptors (Lipinski definition) is 4. The van der Waals surface area contributed by atoms with Crippen LogP contribution in [0.5, 0.6) is 5.75 Å². The number of carbonyl (C=O) groups is 2. The Hall–Kier alpha value is -2.54. The van der Waals surface area contributed by atoms with Crippen molar-refractivity contribution in [2.45, 2.75) is 0 Å². The average Bonchev–Trinajstić information content (AvgIpc) is 2.43. The predicted molar refractivity (Wildman–Crippen MR) is 81.6 cm³/mol. The highest BCUT2D eigenvalue weighted by Gasteiger charge is 2.14. The van der Waals surface area contributed by atoms with Crippen molar-refractivity contribution in [3.63, 3.8) is 0 Å². The second kappa shape index (κ2) is 5.84. The zero-order chi connectivity index (χ0) is 15.6. The highest BCUT2D eigenvalue weighted by molar-refractivity contribution is 9.10. The second-order valence-electron chi connectivity index (χ2n) is 4.23. The smallest absolute Gasteiger partial charge is 0.337 e. The van der Waals surface area contributed by atoms with Gasteiger partial charge in [-0.05, 0) is 52.3 Å². The molecule has 0 unspecified atom stereocenters. The van der Waals surface area contributed by atoms with Crippen LogP contribution in [0.3, 0.4) is 0 Å². The predicted octanol–water partition coefficient (Wildman–Crippen LogP) is 2.69. The Kier molecular flexibility index (Phi) is 4.13. The molecule has 0 aliphatic heterocycles. The first-order chi connectivity index (χ1) is 9.88. The van der Waals surface area contributed by atoms with Gasteiger partial charge < -0.3 is 21.3 Å². The Morgan fingerprint density at radius 2 is 1.86 bits per heavy atom. The van der Waals surface area contributed by atoms with Crippen LogP contribution >= 0.6 is 15.9 Å². The molecule has 0 saturated heterocycles. The molecular weight excluding hydrogens is 340 g/mol. The number of aromatic hydroxyl groups is 1. The molecular formula is C14H11BrN2O4. The minimum Gasteiger partial charge on any atom is -0.507 e. The molecule has 0 aromatic heterocycles. The maximum Gasteiger partial charge on any atom is 0.337 e. The molecule has 0 aliphatic rings. The van der Waals surface area contributed by atoms with Gasteiger partial charge >= 0.3 is 5.97 Å². The lowest BCUT2D eigenvalue weighted by atomic mass is 10.1. The number of halogens is 1. The highest BCUT2D eigenvalue weighted by atomic mass is 79.9. The largest absolute Gasteiger partial charge is 0.507 e. The minimum atomic E-state index is -1.20. The summed E-state index contributed by atoms with van der Waals surface area (Å²) in [5.74, 6) is -1.82. The summed E-state index contributed by atoms with van der Waals surface area (Å²) >= 11 is 3.11. The molecule has 5 N–H and O–H groups in total. The van der Waals surface area contributed by atoms with Crippen molar-refractivity contribution in [3.05, 3.63) is 52.0 Å². The molecule has 1 amide bonds. The van der Waals surface area contributed by atoms with Crippen molar-refractivity contribution in [2.75, 3.05) is 11.1 Å². The minimum absolute atomic E-state index is 0.0848. The van der Waals surface area contributed by atoms with Crippen LogP contribution in [0.1, 0.15) is 20.7 Å². The Labute approximate surface area is 128 Å². The third kappa shape index (κ3) is 3.32. The molecule has 0 saturated carbocycles. The molecule has 0 heterocycles. The highest BCUT2D eigenvalue weighted by Crippen LogP contribution is 2.25. The number of nitrogen functional groups attached to an aromatic ring is 1. The van der Waals surface area contributed by atoms with Gasteiger partial charge in [0.15, 0.2) is 0 Å². The molecule has 7 heteroatoms. The van der Waals surface area contributed by atoms with E-state index in [9.17, 15) is 14.7 Å². The SMILES string of the molecule is Nc1ccc(NC(=O)c2ccc(Br)c(O)c2)c(C(=O)O)c1. The number of nitrogens with two attached hydrogens (primary N) is 1. The van der Waals surface area contributed by atoms with Crippen LogP contribution in [-0.2, 0) is 0 Å². The maximum absolute atomic E-state index is 12.1. The zero-order valence-corrected chi connectivity index (χ0v) is 12.2. The first-order valence-electron chi connectivity index (χ1n) is 5.81. The van der Waals surface area contributed by atoms with E-state index >= 15 is 0 Å². The Balaban J connectivity index is 2.31. The van der Waals surface area contributed by atoms with Crippen LogP contribution in [0.25, 0.3) is 0 Å². The Morgan fingerprint density at radius 1 is 1.14 bits per heavy atom. The molecule has 21 heavy (non-hydrogen) atoms. The Bertz CT molecular complexity index is 731. The van der Waals surface area contributed by atoms with Crippen molar-refractivity contribution in [3.8, 4) is 5.75 Å². The first kappa shape index (κ1) is 14.9. The number of phenols is 1. The van der Waals surface area contributed by atoms with Crippen LogP contribution in [0.4, 0.5) is 11.4 Å². The summed E-state index contributed by atoms with van der Waals surface area (Å²) in [6, 6.07) is 8.45. The van der Waals surface area contributed by atoms with Crippen molar-refractivity contribution < 1.29 is 19.8 Å². The maximum atomic E-state index is 12.1. The molecule has 6 nitrogen and oxygen atoms in total. The quantitative estimate of drug-likeness (QED) is 0.635. The van der Waals surface area contributed by atoms with Gasteiger partial charge in [0, 0.05) is 11.3 Å². The van der Waals surface area contributed by atoms with Crippen LogP contribution in [0.2, 0.25) is 0 Å². The van der Waals surface area contributed by atoms with E-state index in [0.717, 1.165) is 0 Å². The summed E-state index contributed by atoms with van der Waals surface area (Å²) in [5, 5.41) is 21.1. The number of nitrogens with one attached hydrogen (secondary N) is 1. The van der Waals surface area contributed by atoms with E-state index in [2.05, 4.69) is 21.2 Å². The fraction of sp³-hybridized carbons (Fsp3) is 0. The monoisotopic (exact) mass is 350 g/mol. The van der Waals surface area contributed by atoms with E-state index in [4.69, 9.17) is 10.8 Å². The summed E-state index contributed by atoms with van der Waals surface area (Å²) in [6.45, 7) is 0. The fourth-order valence-electron chi connectivity index (χ4n) is 1.70. The normalized spacial score (nSPS) is 10.1. The number of carbonyl (C=O) groups excluding carboxylic acids is 1. The standard InChI is InChI=1S/C14H11BrN2O4/c15-10-3-1-7(5-12(10)18)13(19)17-11-4-2-8(16)6-9(11)14(20)21/h1-6,18H,16H2,(H,17,19)(H,20,21). The third-order valence-corrected chi connectivity index (χ3v) is 3.40. The topological polar surface area (TPSA) is 113 Å². The van der Waals surface area contributed by atoms with Gasteiger partial charge in [-0.1, -0.05) is 0 Å². The number of rotatable bonds is 3. The van der Waals surface area contributed by atoms with Crippen LogP contribution in [-0.4, -0.2) is 22.1 Å². The lowest BCUT2D eigenvalue weighted by Crippen LogP contribution is -2.15. The number of carboxylic acid groups (broad SMARTS) is 1. The van der Waals surface area contributed by atoms with Gasteiger partial charge in [-0.3, -0.25) is 4.79 Å². The molecule has 2 aromatic rings. The van der Waals surface area contributed by atoms with E-state index < -0.39 is 11.9 Å². The van der Waals surface area contributed by atoms with E-state index in [0.29, 0.717) is 4.47 Å². The summed E-state index contributed by atoms with van der Waals surface area (Å²) < 4.78 is 0.456. The summed E-state index contributed by atoms with van der Waals surface area (Å²) in [7, 11) is 0. The molecule has 0 atom stereocenters. The molecule has 2 aromatic carbocycles. The van der Waals surface area contributed by atoms with Crippen molar-refractivity contribution in [1.29, 1.82) is 0 Å². The van der Waals surface area contributed by atoms with Crippen LogP contribution in [0.15, 0.2) is 40.9 Å². The van der Waals surface area contributed by atoms with Crippen molar-refractivity contribution >= 4 is 39.2 Å². The zero-order valence-electron chi connectivity index (χ0n) is 10.6. The van der Waals surface area contributed by atoms with Gasteiger partial charge in [-0.15, -0.1) is 0 Å². The first-order valence-corrected chi connectivity index (χ1v) is 6.60. The van der Waals surface area contributed by atoms with Gasteiger partial charge in [0.2, 0.25) is 0 Å². The summed E-state index contributed by atoms with van der Waals surface area (Å²) in [4.78, 5) is 23.2. The Morgan fingerprint density at radius 3 is 2.48 bits per heavy atom. The number of phenolic OH excluding ortho intramolecular Hbond substituents is 1. The molecule has 2 rings (SSSR count). The van der Waals surface area contributed by atoms with Gasteiger partial charge in [0.25, 0.3) is 5.91 Å². The molecule has 108 valence electrons. The van der Waals surface area contributed by atoms with Crippen molar-refractivity contribution in [2.24, 2.45) is 0 Å². The van der Waals surface area contributed by atoms with E-state index in [1.165, 1.54) is 36.4 Å². The third-order valence-electron chi connectivity index (χ3n) is 2.73. The summed E-state index contributed by atoms with van der Waals surface area (Å²) in [5.41, 5.74) is 6.03. The number of amides is 1. The second-order valence-corrected chi connectivity index (χ2v) is 5.08. The molecule has 0 aliphatic carbocycles. The van der Waals surface area contributed by atoms with Crippen molar-refractivity contribution in [1.82, 2.24) is 0 Å². The molecule has 0 spiro atoms. The fourth-order valence-corrected chi connectivity index (χ4v) is 1.94. The lowest BCUT2D eigenvalue weighted by Gasteiger charge is -2.09. The molecule has 0 fully saturated rings. The van der Waals surface area contributed by atoms with Gasteiger partial charge in [-0.25, -0.2) is 4.79 Å². The van der Waals surface area contributed by atoms with Gasteiger partial charge in [-0.2, -0.15) is 0 Å². The van der Waals surface area contributed by atoms with E-state index in [-0.39, 0.29) is 28.3 Å². The lowest BCUT2D eigenvalue weighted by molar-refractivity contribution is 0.0698. The number of hydrogen-bond donors (Lipinski definition) is 4. The van der Waals surface area contributed by atoms with Crippen LogP contribution < -0.4 is 11.1 Å². The number of benzene rings is 2. The number of carboxylic acids is 1. The molecule has 0 radical (unpaired) electrons. The molecule has 0 bridgehead atoms. The van der Waals surface area contributed by atoms with Gasteiger partial charge in [0.1, 0.15) is 5.75 Å². The number of aromatic carboxylic acids is 1. The van der Waals surface area contributed by atoms with E-state index in [1.54, 1.807) is 0 Å². The average molecular weight is 351 g/mol. The number of anilines is 2. The summed E-state index contributed by atoms with van der Waals surface area (Å²) in [6.07, 6.45) is 0. The van der Waals surface area contributed by atoms with Gasteiger partial charge in [0.05, 0.1) is 15.7 Å². The van der Waals surface area contributed by atoms with E-state index in [1.807, 2.05) is 0 Å². The van der Waals surface area contributed by atoms with Crippen LogP contribution in [0, 0.1) is 0 Å².